The summed E-state index contributed by atoms with van der Waals surface area (Å²) >= 11 is 3.48. The van der Waals surface area contributed by atoms with Gasteiger partial charge in [-0.2, -0.15) is 0 Å². The number of imidazole rings is 1. The molecule has 3 nitrogen and oxygen atoms in total. The lowest BCUT2D eigenvalue weighted by atomic mass is 10.0. The zero-order valence-electron chi connectivity index (χ0n) is 9.92. The molecule has 0 spiro atoms. The van der Waals surface area contributed by atoms with E-state index in [1.807, 2.05) is 0 Å². The van der Waals surface area contributed by atoms with Crippen LogP contribution in [0.3, 0.4) is 0 Å². The van der Waals surface area contributed by atoms with Crippen molar-refractivity contribution in [1.82, 2.24) is 9.97 Å². The van der Waals surface area contributed by atoms with Crippen molar-refractivity contribution in [1.29, 1.82) is 0 Å². The van der Waals surface area contributed by atoms with E-state index in [9.17, 15) is 0 Å². The minimum Gasteiger partial charge on any atom is -0.396 e. The zero-order chi connectivity index (χ0) is 12.4. The van der Waals surface area contributed by atoms with E-state index in [0.717, 1.165) is 21.7 Å². The van der Waals surface area contributed by atoms with Crippen molar-refractivity contribution < 1.29 is 5.11 Å². The second-order valence-electron chi connectivity index (χ2n) is 4.14. The summed E-state index contributed by atoms with van der Waals surface area (Å²) in [5, 5.41) is 8.91. The van der Waals surface area contributed by atoms with Gasteiger partial charge in [-0.05, 0) is 41.4 Å². The normalized spacial score (nSPS) is 10.8. The molecule has 0 aliphatic carbocycles. The highest BCUT2D eigenvalue weighted by atomic mass is 79.9. The van der Waals surface area contributed by atoms with Crippen molar-refractivity contribution >= 4 is 15.9 Å². The highest BCUT2D eigenvalue weighted by Gasteiger charge is 2.12. The third kappa shape index (κ3) is 2.58. The monoisotopic (exact) mass is 294 g/mol. The Morgan fingerprint density at radius 2 is 2.12 bits per heavy atom. The number of aliphatic hydroxyl groups is 1. The molecule has 0 fully saturated rings. The van der Waals surface area contributed by atoms with E-state index in [2.05, 4.69) is 57.9 Å². The molecule has 2 rings (SSSR count). The fourth-order valence-corrected chi connectivity index (χ4v) is 2.32. The fourth-order valence-electron chi connectivity index (χ4n) is 1.79. The van der Waals surface area contributed by atoms with Crippen molar-refractivity contribution in [2.24, 2.45) is 0 Å². The molecule has 0 radical (unpaired) electrons. The van der Waals surface area contributed by atoms with E-state index in [1.54, 1.807) is 0 Å². The number of aromatic amines is 1. The van der Waals surface area contributed by atoms with Crippen LogP contribution < -0.4 is 0 Å². The molecule has 2 N–H and O–H groups in total. The molecule has 1 heterocycles. The van der Waals surface area contributed by atoms with Crippen LogP contribution in [0.15, 0.2) is 22.8 Å². The van der Waals surface area contributed by atoms with Gasteiger partial charge in [-0.3, -0.25) is 0 Å². The summed E-state index contributed by atoms with van der Waals surface area (Å²) in [4.78, 5) is 7.65. The van der Waals surface area contributed by atoms with E-state index in [1.165, 1.54) is 11.1 Å². The molecule has 0 bridgehead atoms. The van der Waals surface area contributed by atoms with E-state index >= 15 is 0 Å². The van der Waals surface area contributed by atoms with E-state index in [4.69, 9.17) is 5.11 Å². The molecule has 17 heavy (non-hydrogen) atoms. The Kier molecular flexibility index (Phi) is 3.64. The highest BCUT2D eigenvalue weighted by molar-refractivity contribution is 9.10. The van der Waals surface area contributed by atoms with Crippen LogP contribution in [0, 0.1) is 13.8 Å². The standard InChI is InChI=1S/C13H15BrN2O/c1-8-3-4-9(2)10(7-8)12-13(14)16-11(15-12)5-6-17/h3-4,7,17H,5-6H2,1-2H3,(H,15,16). The molecule has 1 aromatic heterocycles. The second kappa shape index (κ2) is 5.02. The van der Waals surface area contributed by atoms with Crippen LogP contribution in [0.5, 0.6) is 0 Å². The molecule has 0 atom stereocenters. The van der Waals surface area contributed by atoms with Crippen LogP contribution in [-0.2, 0) is 6.42 Å². The van der Waals surface area contributed by atoms with Crippen molar-refractivity contribution in [3.05, 3.63) is 39.8 Å². The fraction of sp³-hybridized carbons (Fsp3) is 0.308. The van der Waals surface area contributed by atoms with Gasteiger partial charge in [0.25, 0.3) is 0 Å². The van der Waals surface area contributed by atoms with Gasteiger partial charge in [-0.1, -0.05) is 17.7 Å². The number of H-pyrrole nitrogens is 1. The number of nitrogens with zero attached hydrogens (tertiary/aromatic N) is 1. The van der Waals surface area contributed by atoms with Gasteiger partial charge in [0.2, 0.25) is 0 Å². The van der Waals surface area contributed by atoms with Crippen molar-refractivity contribution in [3.8, 4) is 11.3 Å². The van der Waals surface area contributed by atoms with Gasteiger partial charge in [-0.25, -0.2) is 4.98 Å². The molecule has 0 saturated heterocycles. The largest absolute Gasteiger partial charge is 0.396 e. The van der Waals surface area contributed by atoms with Gasteiger partial charge in [-0.15, -0.1) is 0 Å². The van der Waals surface area contributed by atoms with Gasteiger partial charge in [0, 0.05) is 12.0 Å². The van der Waals surface area contributed by atoms with E-state index in [0.29, 0.717) is 6.42 Å². The van der Waals surface area contributed by atoms with Crippen molar-refractivity contribution in [3.63, 3.8) is 0 Å². The number of benzene rings is 1. The summed E-state index contributed by atoms with van der Waals surface area (Å²) < 4.78 is 0.870. The molecule has 0 aliphatic rings. The Morgan fingerprint density at radius 1 is 1.35 bits per heavy atom. The Labute approximate surface area is 109 Å². The van der Waals surface area contributed by atoms with Gasteiger partial charge >= 0.3 is 0 Å². The van der Waals surface area contributed by atoms with E-state index < -0.39 is 0 Å². The number of aliphatic hydroxyl groups excluding tert-OH is 1. The van der Waals surface area contributed by atoms with Crippen LogP contribution in [0.25, 0.3) is 11.3 Å². The third-order valence-corrected chi connectivity index (χ3v) is 3.28. The topological polar surface area (TPSA) is 48.9 Å². The lowest BCUT2D eigenvalue weighted by molar-refractivity contribution is 0.297. The Hall–Kier alpha value is -1.13. The van der Waals surface area contributed by atoms with Gasteiger partial charge in [0.05, 0.1) is 6.61 Å². The average molecular weight is 295 g/mol. The van der Waals surface area contributed by atoms with Crippen molar-refractivity contribution in [2.45, 2.75) is 20.3 Å². The van der Waals surface area contributed by atoms with Crippen LogP contribution >= 0.6 is 15.9 Å². The molecule has 0 saturated carbocycles. The van der Waals surface area contributed by atoms with E-state index in [-0.39, 0.29) is 6.61 Å². The first kappa shape index (κ1) is 12.3. The highest BCUT2D eigenvalue weighted by Crippen LogP contribution is 2.29. The predicted molar refractivity (Wildman–Crippen MR) is 72.0 cm³/mol. The number of hydrogen-bond acceptors (Lipinski definition) is 2. The minimum absolute atomic E-state index is 0.103. The Bertz CT molecular complexity index is 534. The first-order valence-corrected chi connectivity index (χ1v) is 6.34. The van der Waals surface area contributed by atoms with Crippen LogP contribution in [0.1, 0.15) is 17.0 Å². The molecular weight excluding hydrogens is 280 g/mol. The van der Waals surface area contributed by atoms with Crippen LogP contribution in [-0.4, -0.2) is 21.7 Å². The summed E-state index contributed by atoms with van der Waals surface area (Å²) in [7, 11) is 0. The first-order chi connectivity index (χ1) is 8.11. The van der Waals surface area contributed by atoms with Crippen molar-refractivity contribution in [2.75, 3.05) is 6.61 Å². The summed E-state index contributed by atoms with van der Waals surface area (Å²) in [6, 6.07) is 6.31. The molecule has 2 aromatic rings. The van der Waals surface area contributed by atoms with Gasteiger partial charge in [0.15, 0.2) is 0 Å². The second-order valence-corrected chi connectivity index (χ2v) is 4.93. The summed E-state index contributed by atoms with van der Waals surface area (Å²) in [5.74, 6) is 0.801. The number of aryl methyl sites for hydroxylation is 2. The number of nitrogens with one attached hydrogen (secondary N) is 1. The summed E-state index contributed by atoms with van der Waals surface area (Å²) in [6.07, 6.45) is 0.545. The summed E-state index contributed by atoms with van der Waals surface area (Å²) in [5.41, 5.74) is 4.44. The first-order valence-electron chi connectivity index (χ1n) is 5.54. The molecule has 0 aliphatic heterocycles. The van der Waals surface area contributed by atoms with Gasteiger partial charge < -0.3 is 10.1 Å². The molecule has 0 amide bonds. The average Bonchev–Trinajstić information content (AvgIpc) is 2.64. The molecular formula is C13H15BrN2O. The maximum atomic E-state index is 8.91. The number of aromatic nitrogens is 2. The molecule has 0 unspecified atom stereocenters. The number of hydrogen-bond donors (Lipinski definition) is 2. The van der Waals surface area contributed by atoms with Crippen LogP contribution in [0.4, 0.5) is 0 Å². The molecule has 90 valence electrons. The Morgan fingerprint density at radius 3 is 2.82 bits per heavy atom. The predicted octanol–water partition coefficient (Wildman–Crippen LogP) is 2.99. The number of rotatable bonds is 3. The lowest BCUT2D eigenvalue weighted by Crippen LogP contribution is -1.92. The molecule has 1 aromatic carbocycles. The molecule has 4 heteroatoms. The third-order valence-electron chi connectivity index (χ3n) is 2.71. The SMILES string of the molecule is Cc1ccc(C)c(-c2nc(CCO)[nH]c2Br)c1. The van der Waals surface area contributed by atoms with Gasteiger partial charge in [0.1, 0.15) is 16.1 Å². The quantitative estimate of drug-likeness (QED) is 0.914. The summed E-state index contributed by atoms with van der Waals surface area (Å²) in [6.45, 7) is 4.24. The zero-order valence-corrected chi connectivity index (χ0v) is 11.5. The van der Waals surface area contributed by atoms with Crippen LogP contribution in [0.2, 0.25) is 0 Å². The maximum absolute atomic E-state index is 8.91. The number of halogens is 1. The smallest absolute Gasteiger partial charge is 0.110 e. The minimum atomic E-state index is 0.103. The Balaban J connectivity index is 2.48. The maximum Gasteiger partial charge on any atom is 0.110 e. The lowest BCUT2D eigenvalue weighted by Gasteiger charge is -2.04.